The van der Waals surface area contributed by atoms with Crippen LogP contribution < -0.4 is 10.1 Å². The molecule has 0 amide bonds. The molecule has 0 saturated carbocycles. The fourth-order valence-corrected chi connectivity index (χ4v) is 3.38. The van der Waals surface area contributed by atoms with Gasteiger partial charge in [-0.2, -0.15) is 0 Å². The molecule has 1 aliphatic heterocycles. The van der Waals surface area contributed by atoms with Gasteiger partial charge in [-0.15, -0.1) is 0 Å². The Morgan fingerprint density at radius 3 is 2.50 bits per heavy atom. The minimum atomic E-state index is -1.01. The summed E-state index contributed by atoms with van der Waals surface area (Å²) < 4.78 is 9.95. The zero-order chi connectivity index (χ0) is 18.1. The molecule has 1 aromatic heterocycles. The van der Waals surface area contributed by atoms with E-state index in [1.165, 1.54) is 14.2 Å². The summed E-state index contributed by atoms with van der Waals surface area (Å²) in [6.45, 7) is 5.65. The Hall–Kier alpha value is -2.22. The summed E-state index contributed by atoms with van der Waals surface area (Å²) in [6.07, 6.45) is 0. The third-order valence-electron chi connectivity index (χ3n) is 4.40. The predicted octanol–water partition coefficient (Wildman–Crippen LogP) is 1.58. The summed E-state index contributed by atoms with van der Waals surface area (Å²) in [6, 6.07) is 2.59. The van der Waals surface area contributed by atoms with E-state index in [2.05, 4.69) is 10.3 Å². The maximum absolute atomic E-state index is 12.2. The zero-order valence-corrected chi connectivity index (χ0v) is 14.5. The number of rotatable bonds is 4. The molecule has 132 valence electrons. The van der Waals surface area contributed by atoms with Crippen molar-refractivity contribution in [2.45, 2.75) is 38.9 Å². The molecule has 1 N–H and O–H groups in total. The van der Waals surface area contributed by atoms with E-state index in [9.17, 15) is 14.9 Å². The number of hydrogen-bond donors (Lipinski definition) is 1. The van der Waals surface area contributed by atoms with E-state index in [0.29, 0.717) is 11.6 Å². The van der Waals surface area contributed by atoms with Crippen molar-refractivity contribution < 1.29 is 19.2 Å². The first-order valence-corrected chi connectivity index (χ1v) is 7.69. The van der Waals surface area contributed by atoms with Crippen molar-refractivity contribution >= 4 is 5.97 Å². The van der Waals surface area contributed by atoms with Gasteiger partial charge in [0.2, 0.25) is 11.9 Å². The summed E-state index contributed by atoms with van der Waals surface area (Å²) in [5.41, 5.74) is -0.00582. The van der Waals surface area contributed by atoms with Crippen molar-refractivity contribution in [2.75, 3.05) is 14.2 Å². The molecule has 1 saturated heterocycles. The van der Waals surface area contributed by atoms with E-state index >= 15 is 0 Å². The van der Waals surface area contributed by atoms with E-state index in [4.69, 9.17) is 9.47 Å². The Bertz CT molecular complexity index is 628. The average Bonchev–Trinajstić information content (AvgIpc) is 2.95. The molecule has 0 radical (unpaired) electrons. The first-order chi connectivity index (χ1) is 11.2. The molecule has 4 atom stereocenters. The van der Waals surface area contributed by atoms with Crippen LogP contribution in [0.3, 0.4) is 0 Å². The smallest absolute Gasteiger partial charge is 0.323 e. The highest BCUT2D eigenvalue weighted by molar-refractivity contribution is 5.77. The second-order valence-corrected chi connectivity index (χ2v) is 6.92. The molecule has 2 rings (SSSR count). The Morgan fingerprint density at radius 2 is 2.00 bits per heavy atom. The molecule has 24 heavy (non-hydrogen) atoms. The summed E-state index contributed by atoms with van der Waals surface area (Å²) in [4.78, 5) is 28.0. The first kappa shape index (κ1) is 18.1. The Kier molecular flexibility index (Phi) is 5.08. The summed E-state index contributed by atoms with van der Waals surface area (Å²) in [5, 5.41) is 14.9. The highest BCUT2D eigenvalue weighted by Gasteiger charge is 2.58. The van der Waals surface area contributed by atoms with Crippen LogP contribution in [0.1, 0.15) is 32.5 Å². The molecule has 0 spiro atoms. The summed E-state index contributed by atoms with van der Waals surface area (Å²) in [7, 11) is 2.76. The fourth-order valence-electron chi connectivity index (χ4n) is 3.38. The van der Waals surface area contributed by atoms with Crippen molar-refractivity contribution in [3.63, 3.8) is 0 Å². The molecule has 1 fully saturated rings. The third kappa shape index (κ3) is 3.33. The van der Waals surface area contributed by atoms with Gasteiger partial charge in [0.15, 0.2) is 0 Å². The average molecular weight is 337 g/mol. The molecule has 1 aliphatic rings. The van der Waals surface area contributed by atoms with E-state index in [0.717, 1.165) is 0 Å². The quantitative estimate of drug-likeness (QED) is 0.505. The lowest BCUT2D eigenvalue weighted by Crippen LogP contribution is -2.45. The lowest BCUT2D eigenvalue weighted by Gasteiger charge is -2.31. The Labute approximate surface area is 140 Å². The highest BCUT2D eigenvalue weighted by Crippen LogP contribution is 2.43. The predicted molar refractivity (Wildman–Crippen MR) is 86.2 cm³/mol. The van der Waals surface area contributed by atoms with Crippen molar-refractivity contribution in [1.29, 1.82) is 0 Å². The summed E-state index contributed by atoms with van der Waals surface area (Å²) in [5.74, 6) is -0.685. The van der Waals surface area contributed by atoms with Gasteiger partial charge >= 0.3 is 5.97 Å². The zero-order valence-electron chi connectivity index (χ0n) is 14.5. The second-order valence-electron chi connectivity index (χ2n) is 6.92. The fraction of sp³-hybridized carbons (Fsp3) is 0.625. The van der Waals surface area contributed by atoms with Crippen molar-refractivity contribution in [3.8, 4) is 5.88 Å². The Morgan fingerprint density at radius 1 is 1.33 bits per heavy atom. The molecule has 1 aromatic rings. The van der Waals surface area contributed by atoms with Gasteiger partial charge in [-0.1, -0.05) is 26.8 Å². The van der Waals surface area contributed by atoms with Gasteiger partial charge in [0.25, 0.3) is 0 Å². The standard InChI is InChI=1S/C16H23N3O5/c1-16(2,3)11-13(15(20)24-5)18-12(14(11)19(21)22)9-7-6-8-10(17-9)23-4/h6-8,11-14,18H,1-5H3/t11-,12+,13+,14+/m0/s1. The summed E-state index contributed by atoms with van der Waals surface area (Å²) >= 11 is 0. The molecule has 2 heterocycles. The van der Waals surface area contributed by atoms with Crippen LogP contribution in [0, 0.1) is 21.4 Å². The van der Waals surface area contributed by atoms with Crippen LogP contribution >= 0.6 is 0 Å². The van der Waals surface area contributed by atoms with Gasteiger partial charge in [-0.3, -0.25) is 20.2 Å². The monoisotopic (exact) mass is 337 g/mol. The molecule has 8 nitrogen and oxygen atoms in total. The topological polar surface area (TPSA) is 104 Å². The number of nitro groups is 1. The number of carbonyl (C=O) groups excluding carboxylic acids is 1. The number of nitrogens with zero attached hydrogens (tertiary/aromatic N) is 2. The third-order valence-corrected chi connectivity index (χ3v) is 4.40. The van der Waals surface area contributed by atoms with Gasteiger partial charge in [-0.05, 0) is 11.5 Å². The number of pyridine rings is 1. The number of nitrogens with one attached hydrogen (secondary N) is 1. The molecule has 0 unspecified atom stereocenters. The number of ether oxygens (including phenoxy) is 2. The van der Waals surface area contributed by atoms with Crippen molar-refractivity contribution in [2.24, 2.45) is 11.3 Å². The number of methoxy groups -OCH3 is 2. The highest BCUT2D eigenvalue weighted by atomic mass is 16.6. The van der Waals surface area contributed by atoms with Gasteiger partial charge < -0.3 is 9.47 Å². The van der Waals surface area contributed by atoms with Gasteiger partial charge in [-0.25, -0.2) is 4.98 Å². The number of aromatic nitrogens is 1. The van der Waals surface area contributed by atoms with E-state index in [-0.39, 0.29) is 4.92 Å². The van der Waals surface area contributed by atoms with Crippen LogP contribution in [0.2, 0.25) is 0 Å². The minimum absolute atomic E-state index is 0.336. The molecular formula is C16H23N3O5. The molecule has 0 aliphatic carbocycles. The number of carbonyl (C=O) groups is 1. The lowest BCUT2D eigenvalue weighted by atomic mass is 9.73. The maximum atomic E-state index is 12.2. The van der Waals surface area contributed by atoms with Crippen molar-refractivity contribution in [1.82, 2.24) is 10.3 Å². The van der Waals surface area contributed by atoms with Gasteiger partial charge in [0, 0.05) is 11.0 Å². The van der Waals surface area contributed by atoms with Crippen molar-refractivity contribution in [3.05, 3.63) is 34.0 Å². The van der Waals surface area contributed by atoms with Gasteiger partial charge in [0.1, 0.15) is 12.1 Å². The van der Waals surface area contributed by atoms with E-state index in [1.807, 2.05) is 20.8 Å². The van der Waals surface area contributed by atoms with E-state index < -0.39 is 35.4 Å². The largest absolute Gasteiger partial charge is 0.481 e. The molecule has 8 heteroatoms. The number of hydrogen-bond acceptors (Lipinski definition) is 7. The van der Waals surface area contributed by atoms with Crippen LogP contribution in [0.15, 0.2) is 18.2 Å². The van der Waals surface area contributed by atoms with Gasteiger partial charge in [0.05, 0.1) is 25.8 Å². The van der Waals surface area contributed by atoms with Crippen LogP contribution in [-0.4, -0.2) is 42.2 Å². The molecule has 0 bridgehead atoms. The Balaban J connectivity index is 2.51. The SMILES string of the molecule is COC(=O)[C@@H]1N[C@H](c2cccc(OC)n2)[C@H]([N+](=O)[O-])[C@H]1C(C)(C)C. The molecule has 0 aromatic carbocycles. The number of esters is 1. The van der Waals surface area contributed by atoms with Crippen LogP contribution in [-0.2, 0) is 9.53 Å². The normalized spacial score (nSPS) is 26.9. The van der Waals surface area contributed by atoms with Crippen LogP contribution in [0.5, 0.6) is 5.88 Å². The lowest BCUT2D eigenvalue weighted by molar-refractivity contribution is -0.535. The molecular weight excluding hydrogens is 314 g/mol. The minimum Gasteiger partial charge on any atom is -0.481 e. The first-order valence-electron chi connectivity index (χ1n) is 7.69. The van der Waals surface area contributed by atoms with Crippen LogP contribution in [0.4, 0.5) is 0 Å². The second kappa shape index (κ2) is 6.72. The maximum Gasteiger partial charge on any atom is 0.323 e. The van der Waals surface area contributed by atoms with E-state index in [1.54, 1.807) is 18.2 Å². The van der Waals surface area contributed by atoms with Crippen LogP contribution in [0.25, 0.3) is 0 Å².